The van der Waals surface area contributed by atoms with Crippen molar-refractivity contribution in [3.8, 4) is 11.5 Å². The predicted octanol–water partition coefficient (Wildman–Crippen LogP) is 6.19. The van der Waals surface area contributed by atoms with Crippen LogP contribution in [0.2, 0.25) is 0 Å². The Kier molecular flexibility index (Phi) is 11.9. The number of ether oxygens (including phenoxy) is 1. The summed E-state index contributed by atoms with van der Waals surface area (Å²) in [4.78, 5) is 29.4. The van der Waals surface area contributed by atoms with Crippen molar-refractivity contribution in [1.29, 1.82) is 0 Å². The molecular formula is C33H41F2N5O5S. The van der Waals surface area contributed by atoms with Gasteiger partial charge in [0, 0.05) is 54.7 Å². The summed E-state index contributed by atoms with van der Waals surface area (Å²) in [6.07, 6.45) is 4.29. The molecule has 0 unspecified atom stereocenters. The lowest BCUT2D eigenvalue weighted by atomic mass is 10.0. The van der Waals surface area contributed by atoms with E-state index in [9.17, 15) is 26.8 Å². The number of benzene rings is 3. The average molecular weight is 658 g/mol. The quantitative estimate of drug-likeness (QED) is 0.189. The average Bonchev–Trinajstić information content (AvgIpc) is 3.03. The molecular weight excluding hydrogens is 616 g/mol. The number of anilines is 2. The fourth-order valence-corrected chi connectivity index (χ4v) is 6.04. The van der Waals surface area contributed by atoms with Crippen LogP contribution in [0.3, 0.4) is 0 Å². The largest absolute Gasteiger partial charge is 0.457 e. The van der Waals surface area contributed by atoms with Crippen LogP contribution in [0.5, 0.6) is 11.5 Å². The van der Waals surface area contributed by atoms with Crippen LogP contribution in [0.4, 0.5) is 25.0 Å². The molecule has 4 N–H and O–H groups in total. The molecule has 46 heavy (non-hydrogen) atoms. The van der Waals surface area contributed by atoms with Crippen LogP contribution in [-0.4, -0.2) is 62.1 Å². The van der Waals surface area contributed by atoms with Gasteiger partial charge < -0.3 is 20.7 Å². The Balaban J connectivity index is 1.34. The van der Waals surface area contributed by atoms with E-state index in [4.69, 9.17) is 10.5 Å². The van der Waals surface area contributed by atoms with Gasteiger partial charge in [-0.2, -0.15) is 0 Å². The standard InChI is InChI=1S/C33H41F2N5O5S/c1-3-4-15-40(33(42)37-31-19-30(32(36)41)24(20-34)18-25(31)21-35)27-13-16-39(17-14-27)22-23-5-9-28(10-6-23)45-29-11-7-26(8-12-29)38-46(2,43)44/h5-12,18-19,27,38H,3-4,13-17,20-22H2,1-2H3,(H2,36,41)(H,37,42). The fraction of sp³-hybridized carbons (Fsp3) is 0.394. The smallest absolute Gasteiger partial charge is 0.322 e. The van der Waals surface area contributed by atoms with Gasteiger partial charge in [0.2, 0.25) is 15.9 Å². The molecule has 1 aliphatic heterocycles. The van der Waals surface area contributed by atoms with Crippen LogP contribution in [0.1, 0.15) is 59.7 Å². The molecule has 0 aliphatic carbocycles. The van der Waals surface area contributed by atoms with E-state index in [1.165, 1.54) is 12.1 Å². The van der Waals surface area contributed by atoms with Gasteiger partial charge >= 0.3 is 6.03 Å². The second-order valence-corrected chi connectivity index (χ2v) is 13.2. The summed E-state index contributed by atoms with van der Waals surface area (Å²) in [7, 11) is -3.35. The number of nitrogens with one attached hydrogen (secondary N) is 2. The maximum Gasteiger partial charge on any atom is 0.322 e. The van der Waals surface area contributed by atoms with E-state index in [0.717, 1.165) is 57.1 Å². The summed E-state index contributed by atoms with van der Waals surface area (Å²) in [5, 5.41) is 2.76. The molecule has 0 atom stereocenters. The zero-order valence-corrected chi connectivity index (χ0v) is 26.9. The lowest BCUT2D eigenvalue weighted by Gasteiger charge is -2.38. The van der Waals surface area contributed by atoms with E-state index in [2.05, 4.69) is 14.9 Å². The van der Waals surface area contributed by atoms with Crippen LogP contribution in [0.15, 0.2) is 60.7 Å². The van der Waals surface area contributed by atoms with Crippen LogP contribution >= 0.6 is 0 Å². The second kappa shape index (κ2) is 15.9. The van der Waals surface area contributed by atoms with Gasteiger partial charge in [0.05, 0.1) is 6.26 Å². The number of sulfonamides is 1. The van der Waals surface area contributed by atoms with Gasteiger partial charge in [-0.25, -0.2) is 22.0 Å². The first-order chi connectivity index (χ1) is 22.0. The Morgan fingerprint density at radius 3 is 2.13 bits per heavy atom. The third-order valence-corrected chi connectivity index (χ3v) is 8.46. The molecule has 1 saturated heterocycles. The van der Waals surface area contributed by atoms with Gasteiger partial charge in [-0.3, -0.25) is 14.4 Å². The van der Waals surface area contributed by atoms with E-state index < -0.39 is 29.3 Å². The molecule has 0 bridgehead atoms. The minimum Gasteiger partial charge on any atom is -0.457 e. The minimum atomic E-state index is -3.35. The number of alkyl halides is 2. The number of primary amides is 1. The first kappa shape index (κ1) is 34.6. The number of likely N-dealkylation sites (tertiary alicyclic amines) is 1. The molecule has 0 aromatic heterocycles. The Hall–Kier alpha value is -4.23. The SMILES string of the molecule is CCCCN(C(=O)Nc1cc(C(N)=O)c(CF)cc1CF)C1CCN(Cc2ccc(Oc3ccc(NS(C)(=O)=O)cc3)cc2)CC1. The van der Waals surface area contributed by atoms with Crippen molar-refractivity contribution in [2.45, 2.75) is 58.5 Å². The van der Waals surface area contributed by atoms with E-state index in [0.29, 0.717) is 23.7 Å². The van der Waals surface area contributed by atoms with Crippen molar-refractivity contribution in [1.82, 2.24) is 9.80 Å². The fourth-order valence-electron chi connectivity index (χ4n) is 5.48. The summed E-state index contributed by atoms with van der Waals surface area (Å²) >= 11 is 0. The Bertz CT molecular complexity index is 1600. The number of urea groups is 1. The van der Waals surface area contributed by atoms with Gasteiger partial charge in [0.1, 0.15) is 24.8 Å². The van der Waals surface area contributed by atoms with Gasteiger partial charge in [0.25, 0.3) is 0 Å². The Labute approximate surface area is 269 Å². The number of halogens is 2. The molecule has 248 valence electrons. The number of carbonyl (C=O) groups is 2. The molecule has 10 nitrogen and oxygen atoms in total. The summed E-state index contributed by atoms with van der Waals surface area (Å²) in [5.41, 5.74) is 7.08. The minimum absolute atomic E-state index is 0.00779. The Morgan fingerprint density at radius 2 is 1.59 bits per heavy atom. The highest BCUT2D eigenvalue weighted by Crippen LogP contribution is 2.27. The zero-order valence-electron chi connectivity index (χ0n) is 26.1. The van der Waals surface area contributed by atoms with E-state index >= 15 is 0 Å². The number of rotatable bonds is 14. The second-order valence-electron chi connectivity index (χ2n) is 11.4. The van der Waals surface area contributed by atoms with Crippen LogP contribution in [0.25, 0.3) is 0 Å². The van der Waals surface area contributed by atoms with Gasteiger partial charge in [-0.05, 0) is 78.9 Å². The monoisotopic (exact) mass is 657 g/mol. The van der Waals surface area contributed by atoms with Crippen molar-refractivity contribution >= 4 is 33.3 Å². The molecule has 4 rings (SSSR count). The van der Waals surface area contributed by atoms with Crippen molar-refractivity contribution in [3.63, 3.8) is 0 Å². The maximum absolute atomic E-state index is 13.8. The third kappa shape index (κ3) is 9.63. The number of carbonyl (C=O) groups excluding carboxylic acids is 2. The molecule has 1 aliphatic rings. The topological polar surface area (TPSA) is 134 Å². The first-order valence-corrected chi connectivity index (χ1v) is 17.1. The number of amides is 3. The molecule has 1 heterocycles. The van der Waals surface area contributed by atoms with Crippen LogP contribution < -0.4 is 20.5 Å². The summed E-state index contributed by atoms with van der Waals surface area (Å²) < 4.78 is 58.3. The molecule has 0 spiro atoms. The number of nitrogens with zero attached hydrogens (tertiary/aromatic N) is 2. The number of hydrogen-bond acceptors (Lipinski definition) is 6. The third-order valence-electron chi connectivity index (χ3n) is 7.86. The van der Waals surface area contributed by atoms with E-state index in [1.807, 2.05) is 31.2 Å². The van der Waals surface area contributed by atoms with Crippen molar-refractivity contribution in [2.24, 2.45) is 5.73 Å². The van der Waals surface area contributed by atoms with E-state index in [-0.39, 0.29) is 34.5 Å². The number of piperidine rings is 1. The first-order valence-electron chi connectivity index (χ1n) is 15.2. The van der Waals surface area contributed by atoms with Crippen molar-refractivity contribution in [2.75, 3.05) is 35.9 Å². The highest BCUT2D eigenvalue weighted by Gasteiger charge is 2.28. The molecule has 3 aromatic carbocycles. The number of nitrogens with two attached hydrogens (primary N) is 1. The predicted molar refractivity (Wildman–Crippen MR) is 175 cm³/mol. The molecule has 3 aromatic rings. The molecule has 13 heteroatoms. The number of unbranched alkanes of at least 4 members (excludes halogenated alkanes) is 1. The lowest BCUT2D eigenvalue weighted by Crippen LogP contribution is -2.49. The van der Waals surface area contributed by atoms with Crippen molar-refractivity contribution in [3.05, 3.63) is 82.9 Å². The zero-order chi connectivity index (χ0) is 33.3. The molecule has 1 fully saturated rings. The Morgan fingerprint density at radius 1 is 0.978 bits per heavy atom. The summed E-state index contributed by atoms with van der Waals surface area (Å²) in [6, 6.07) is 16.5. The molecule has 0 saturated carbocycles. The normalized spacial score (nSPS) is 14.1. The van der Waals surface area contributed by atoms with E-state index in [1.54, 1.807) is 29.2 Å². The highest BCUT2D eigenvalue weighted by molar-refractivity contribution is 7.92. The van der Waals surface area contributed by atoms with Gasteiger partial charge in [-0.15, -0.1) is 0 Å². The summed E-state index contributed by atoms with van der Waals surface area (Å²) in [6.45, 7) is 2.96. The highest BCUT2D eigenvalue weighted by atomic mass is 32.2. The van der Waals surface area contributed by atoms with Gasteiger partial charge in [0.15, 0.2) is 0 Å². The number of hydrogen-bond donors (Lipinski definition) is 3. The molecule has 0 radical (unpaired) electrons. The van der Waals surface area contributed by atoms with Crippen molar-refractivity contribution < 1.29 is 31.5 Å². The van der Waals surface area contributed by atoms with Crippen LogP contribution in [-0.2, 0) is 29.9 Å². The van der Waals surface area contributed by atoms with Crippen LogP contribution in [0, 0.1) is 0 Å². The van der Waals surface area contributed by atoms with Gasteiger partial charge in [-0.1, -0.05) is 25.5 Å². The molecule has 3 amide bonds. The maximum atomic E-state index is 13.8. The summed E-state index contributed by atoms with van der Waals surface area (Å²) in [5.74, 6) is 0.389. The lowest BCUT2D eigenvalue weighted by molar-refractivity contribution is 0.0998.